The van der Waals surface area contributed by atoms with Crippen LogP contribution in [0.1, 0.15) is 25.8 Å². The van der Waals surface area contributed by atoms with E-state index in [-0.39, 0.29) is 6.79 Å². The Kier molecular flexibility index (Phi) is 4.73. The zero-order chi connectivity index (χ0) is 14.7. The maximum Gasteiger partial charge on any atom is 0.320 e. The lowest BCUT2D eigenvalue weighted by atomic mass is 10.0. The first-order valence-corrected chi connectivity index (χ1v) is 6.89. The van der Waals surface area contributed by atoms with Crippen molar-refractivity contribution in [1.29, 1.82) is 0 Å². The van der Waals surface area contributed by atoms with E-state index in [1.165, 1.54) is 0 Å². The first-order chi connectivity index (χ1) is 9.47. The number of hydrogen-bond acceptors (Lipinski definition) is 4. The Hall–Kier alpha value is -1.46. The minimum atomic E-state index is -0.842. The van der Waals surface area contributed by atoms with Crippen LogP contribution in [0, 0.1) is 5.92 Å². The summed E-state index contributed by atoms with van der Waals surface area (Å²) in [5.41, 5.74) is 0.870. The highest BCUT2D eigenvalue weighted by molar-refractivity contribution is 6.32. The van der Waals surface area contributed by atoms with Gasteiger partial charge in [-0.15, -0.1) is 0 Å². The molecule has 1 aromatic carbocycles. The van der Waals surface area contributed by atoms with Crippen molar-refractivity contribution in [3.05, 3.63) is 22.7 Å². The first-order valence-electron chi connectivity index (χ1n) is 6.51. The third-order valence-electron chi connectivity index (χ3n) is 3.04. The molecule has 0 radical (unpaired) electrons. The summed E-state index contributed by atoms with van der Waals surface area (Å²) in [6.07, 6.45) is 0.577. The molecule has 0 aromatic heterocycles. The SMILES string of the molecule is CC(C)CC(NCc1cc(Cl)c2c(c1)OCO2)C(=O)O. The summed E-state index contributed by atoms with van der Waals surface area (Å²) in [5.74, 6) is 0.617. The molecule has 1 heterocycles. The lowest BCUT2D eigenvalue weighted by Crippen LogP contribution is -2.37. The Morgan fingerprint density at radius 2 is 2.20 bits per heavy atom. The fourth-order valence-corrected chi connectivity index (χ4v) is 2.39. The molecule has 0 saturated carbocycles. The first kappa shape index (κ1) is 14.9. The number of benzene rings is 1. The molecule has 0 saturated heterocycles. The number of carboxylic acid groups (broad SMARTS) is 1. The van der Waals surface area contributed by atoms with Crippen molar-refractivity contribution in [2.24, 2.45) is 5.92 Å². The van der Waals surface area contributed by atoms with Crippen molar-refractivity contribution in [3.63, 3.8) is 0 Å². The van der Waals surface area contributed by atoms with Gasteiger partial charge in [-0.25, -0.2) is 0 Å². The fourth-order valence-electron chi connectivity index (χ4n) is 2.11. The second kappa shape index (κ2) is 6.33. The topological polar surface area (TPSA) is 67.8 Å². The van der Waals surface area contributed by atoms with Crippen LogP contribution in [-0.2, 0) is 11.3 Å². The highest BCUT2D eigenvalue weighted by Crippen LogP contribution is 2.39. The third-order valence-corrected chi connectivity index (χ3v) is 3.33. The quantitative estimate of drug-likeness (QED) is 0.845. The predicted octanol–water partition coefficient (Wildman–Crippen LogP) is 2.66. The lowest BCUT2D eigenvalue weighted by molar-refractivity contribution is -0.140. The molecule has 2 rings (SSSR count). The number of fused-ring (bicyclic) bond motifs is 1. The second-order valence-corrected chi connectivity index (χ2v) is 5.62. The van der Waals surface area contributed by atoms with Crippen molar-refractivity contribution in [3.8, 4) is 11.5 Å². The summed E-state index contributed by atoms with van der Waals surface area (Å²) in [5, 5.41) is 12.7. The van der Waals surface area contributed by atoms with Gasteiger partial charge in [0, 0.05) is 6.54 Å². The van der Waals surface area contributed by atoms with E-state index >= 15 is 0 Å². The van der Waals surface area contributed by atoms with Gasteiger partial charge in [-0.05, 0) is 30.0 Å². The molecule has 1 atom stereocenters. The van der Waals surface area contributed by atoms with Gasteiger partial charge in [-0.2, -0.15) is 0 Å². The van der Waals surface area contributed by atoms with Crippen LogP contribution in [0.5, 0.6) is 11.5 Å². The van der Waals surface area contributed by atoms with Gasteiger partial charge < -0.3 is 19.9 Å². The summed E-state index contributed by atoms with van der Waals surface area (Å²) >= 11 is 6.09. The molecule has 2 N–H and O–H groups in total. The van der Waals surface area contributed by atoms with Crippen LogP contribution in [0.25, 0.3) is 0 Å². The van der Waals surface area contributed by atoms with Gasteiger partial charge in [0.1, 0.15) is 6.04 Å². The summed E-state index contributed by atoms with van der Waals surface area (Å²) in [6, 6.07) is 3.01. The monoisotopic (exact) mass is 299 g/mol. The highest BCUT2D eigenvalue weighted by Gasteiger charge is 2.21. The van der Waals surface area contributed by atoms with Gasteiger partial charge in [0.15, 0.2) is 11.5 Å². The normalized spacial score (nSPS) is 14.6. The average Bonchev–Trinajstić information content (AvgIpc) is 2.82. The van der Waals surface area contributed by atoms with E-state index in [0.29, 0.717) is 35.4 Å². The Morgan fingerprint density at radius 3 is 2.85 bits per heavy atom. The van der Waals surface area contributed by atoms with E-state index in [2.05, 4.69) is 5.32 Å². The number of halogens is 1. The summed E-state index contributed by atoms with van der Waals surface area (Å²) in [6.45, 7) is 4.57. The molecule has 1 aliphatic heterocycles. The maximum atomic E-state index is 11.2. The highest BCUT2D eigenvalue weighted by atomic mass is 35.5. The Morgan fingerprint density at radius 1 is 1.45 bits per heavy atom. The van der Waals surface area contributed by atoms with Crippen LogP contribution >= 0.6 is 11.6 Å². The molecule has 1 aliphatic rings. The maximum absolute atomic E-state index is 11.2. The summed E-state index contributed by atoms with van der Waals surface area (Å²) < 4.78 is 10.5. The van der Waals surface area contributed by atoms with Crippen LogP contribution in [0.4, 0.5) is 0 Å². The minimum Gasteiger partial charge on any atom is -0.480 e. The molecule has 0 fully saturated rings. The standard InChI is InChI=1S/C14H18ClNO4/c1-8(2)3-11(14(17)18)16-6-9-4-10(15)13-12(5-9)19-7-20-13/h4-5,8,11,16H,3,6-7H2,1-2H3,(H,17,18). The molecular formula is C14H18ClNO4. The largest absolute Gasteiger partial charge is 0.480 e. The predicted molar refractivity (Wildman–Crippen MR) is 75.3 cm³/mol. The fraction of sp³-hybridized carbons (Fsp3) is 0.500. The molecule has 1 aromatic rings. The average molecular weight is 300 g/mol. The van der Waals surface area contributed by atoms with Crippen molar-refractivity contribution >= 4 is 17.6 Å². The van der Waals surface area contributed by atoms with Gasteiger partial charge in [0.2, 0.25) is 6.79 Å². The van der Waals surface area contributed by atoms with Crippen molar-refractivity contribution < 1.29 is 19.4 Å². The zero-order valence-electron chi connectivity index (χ0n) is 11.5. The van der Waals surface area contributed by atoms with E-state index in [0.717, 1.165) is 5.56 Å². The zero-order valence-corrected chi connectivity index (χ0v) is 12.2. The molecule has 0 aliphatic carbocycles. The number of rotatable bonds is 6. The Labute approximate surface area is 122 Å². The summed E-state index contributed by atoms with van der Waals surface area (Å²) in [4.78, 5) is 11.2. The molecule has 20 heavy (non-hydrogen) atoms. The van der Waals surface area contributed by atoms with Crippen molar-refractivity contribution in [2.75, 3.05) is 6.79 Å². The number of carbonyl (C=O) groups is 1. The van der Waals surface area contributed by atoms with Gasteiger partial charge >= 0.3 is 5.97 Å². The van der Waals surface area contributed by atoms with Gasteiger partial charge in [0.25, 0.3) is 0 Å². The van der Waals surface area contributed by atoms with E-state index in [9.17, 15) is 9.90 Å². The third kappa shape index (κ3) is 3.55. The molecule has 0 amide bonds. The summed E-state index contributed by atoms with van der Waals surface area (Å²) in [7, 11) is 0. The molecule has 5 nitrogen and oxygen atoms in total. The second-order valence-electron chi connectivity index (χ2n) is 5.21. The van der Waals surface area contributed by atoms with Crippen LogP contribution in [-0.4, -0.2) is 23.9 Å². The molecule has 1 unspecified atom stereocenters. The van der Waals surface area contributed by atoms with Crippen LogP contribution in [0.15, 0.2) is 12.1 Å². The van der Waals surface area contributed by atoms with Crippen molar-refractivity contribution in [2.45, 2.75) is 32.9 Å². The van der Waals surface area contributed by atoms with Gasteiger partial charge in [-0.3, -0.25) is 4.79 Å². The number of hydrogen-bond donors (Lipinski definition) is 2. The van der Waals surface area contributed by atoms with Crippen LogP contribution < -0.4 is 14.8 Å². The van der Waals surface area contributed by atoms with E-state index in [1.54, 1.807) is 6.07 Å². The number of ether oxygens (including phenoxy) is 2. The van der Waals surface area contributed by atoms with Gasteiger partial charge in [-0.1, -0.05) is 25.4 Å². The number of carboxylic acids is 1. The lowest BCUT2D eigenvalue weighted by Gasteiger charge is -2.16. The molecule has 0 bridgehead atoms. The van der Waals surface area contributed by atoms with E-state index in [1.807, 2.05) is 19.9 Å². The Bertz CT molecular complexity index is 504. The number of aliphatic carboxylic acids is 1. The smallest absolute Gasteiger partial charge is 0.320 e. The number of nitrogens with one attached hydrogen (secondary N) is 1. The van der Waals surface area contributed by atoms with Crippen molar-refractivity contribution in [1.82, 2.24) is 5.32 Å². The molecule has 0 spiro atoms. The van der Waals surface area contributed by atoms with Crippen LogP contribution in [0.2, 0.25) is 5.02 Å². The molecule has 110 valence electrons. The molecular weight excluding hydrogens is 282 g/mol. The molecule has 6 heteroatoms. The minimum absolute atomic E-state index is 0.164. The van der Waals surface area contributed by atoms with E-state index < -0.39 is 12.0 Å². The Balaban J connectivity index is 2.03. The van der Waals surface area contributed by atoms with Crippen LogP contribution in [0.3, 0.4) is 0 Å². The van der Waals surface area contributed by atoms with Gasteiger partial charge in [0.05, 0.1) is 5.02 Å². The van der Waals surface area contributed by atoms with E-state index in [4.69, 9.17) is 21.1 Å².